The Morgan fingerprint density at radius 1 is 0.480 bits per heavy atom. The molecule has 298 valence electrons. The molecule has 5 N–H and O–H groups in total. The summed E-state index contributed by atoms with van der Waals surface area (Å²) >= 11 is 0. The monoisotopic (exact) mass is 710 g/mol. The molecule has 0 saturated heterocycles. The largest absolute Gasteiger partial charge is 0.394 e. The highest BCUT2D eigenvalue weighted by Gasteiger charge is 2.28. The van der Waals surface area contributed by atoms with Gasteiger partial charge in [0.15, 0.2) is 0 Å². The smallest absolute Gasteiger partial charge is 0.249 e. The molecule has 0 saturated carbocycles. The van der Waals surface area contributed by atoms with E-state index in [9.17, 15) is 25.2 Å². The first-order valence-electron chi connectivity index (χ1n) is 22.1. The molecule has 0 aliphatic carbocycles. The van der Waals surface area contributed by atoms with Crippen LogP contribution in [0.25, 0.3) is 0 Å². The van der Waals surface area contributed by atoms with E-state index in [1.165, 1.54) is 161 Å². The van der Waals surface area contributed by atoms with Crippen LogP contribution in [0.15, 0.2) is 12.2 Å². The van der Waals surface area contributed by atoms with Crippen molar-refractivity contribution in [3.05, 3.63) is 12.2 Å². The molecule has 0 rings (SSSR count). The Balaban J connectivity index is 3.74. The standard InChI is InChI=1S/C44H87NO5/c1-3-5-7-9-11-13-15-17-19-21-22-24-26-28-30-32-34-36-38-42(48)44(50)45-40(39-46)43(49)41(47)37-35-33-31-29-27-25-23-20-18-16-14-12-10-8-6-4-2/h21-22,40-43,46-49H,3-20,23-39H2,1-2H3,(H,45,50)/b22-21-. The number of unbranched alkanes of at least 4 members (excludes halogenated alkanes) is 29. The van der Waals surface area contributed by atoms with Gasteiger partial charge >= 0.3 is 0 Å². The molecule has 4 atom stereocenters. The van der Waals surface area contributed by atoms with Crippen LogP contribution in [0, 0.1) is 0 Å². The molecule has 0 spiro atoms. The first kappa shape index (κ1) is 49.0. The number of allylic oxidation sites excluding steroid dienone is 2. The van der Waals surface area contributed by atoms with Gasteiger partial charge < -0.3 is 25.7 Å². The normalized spacial score (nSPS) is 14.3. The number of hydrogen-bond donors (Lipinski definition) is 5. The van der Waals surface area contributed by atoms with E-state index in [0.717, 1.165) is 44.9 Å². The van der Waals surface area contributed by atoms with E-state index in [1.54, 1.807) is 0 Å². The third-order valence-electron chi connectivity index (χ3n) is 10.5. The number of carbonyl (C=O) groups excluding carboxylic acids is 1. The van der Waals surface area contributed by atoms with Gasteiger partial charge in [0.05, 0.1) is 18.8 Å². The van der Waals surface area contributed by atoms with Gasteiger partial charge in [-0.1, -0.05) is 206 Å². The van der Waals surface area contributed by atoms with Crippen molar-refractivity contribution in [3.63, 3.8) is 0 Å². The second kappa shape index (κ2) is 39.3. The van der Waals surface area contributed by atoms with Crippen molar-refractivity contribution in [1.29, 1.82) is 0 Å². The lowest BCUT2D eigenvalue weighted by atomic mass is 9.99. The summed E-state index contributed by atoms with van der Waals surface area (Å²) in [6, 6.07) is -0.984. The molecule has 4 unspecified atom stereocenters. The predicted octanol–water partition coefficient (Wildman–Crippen LogP) is 11.4. The Hall–Kier alpha value is -0.950. The van der Waals surface area contributed by atoms with Crippen LogP contribution in [0.4, 0.5) is 0 Å². The van der Waals surface area contributed by atoms with Crippen LogP contribution < -0.4 is 5.32 Å². The molecular formula is C44H87NO5. The van der Waals surface area contributed by atoms with Crippen LogP contribution in [-0.4, -0.2) is 57.3 Å². The number of nitrogens with one attached hydrogen (secondary N) is 1. The Morgan fingerprint density at radius 2 is 0.800 bits per heavy atom. The van der Waals surface area contributed by atoms with Gasteiger partial charge in [-0.15, -0.1) is 0 Å². The average Bonchev–Trinajstić information content (AvgIpc) is 3.12. The minimum Gasteiger partial charge on any atom is -0.394 e. The van der Waals surface area contributed by atoms with Crippen LogP contribution in [0.1, 0.15) is 232 Å². The minimum absolute atomic E-state index is 0.364. The molecular weight excluding hydrogens is 622 g/mol. The highest BCUT2D eigenvalue weighted by molar-refractivity contribution is 5.80. The number of amides is 1. The van der Waals surface area contributed by atoms with Crippen molar-refractivity contribution >= 4 is 5.91 Å². The molecule has 0 aliphatic heterocycles. The van der Waals surface area contributed by atoms with Crippen LogP contribution in [0.5, 0.6) is 0 Å². The zero-order valence-corrected chi connectivity index (χ0v) is 33.4. The van der Waals surface area contributed by atoms with Crippen LogP contribution >= 0.6 is 0 Å². The van der Waals surface area contributed by atoms with Gasteiger partial charge in [0, 0.05) is 0 Å². The van der Waals surface area contributed by atoms with Crippen molar-refractivity contribution < 1.29 is 25.2 Å². The summed E-state index contributed by atoms with van der Waals surface area (Å²) < 4.78 is 0. The van der Waals surface area contributed by atoms with Gasteiger partial charge in [-0.25, -0.2) is 0 Å². The van der Waals surface area contributed by atoms with Gasteiger partial charge in [0.1, 0.15) is 12.2 Å². The molecule has 0 fully saturated rings. The lowest BCUT2D eigenvalue weighted by Crippen LogP contribution is -2.53. The average molecular weight is 710 g/mol. The third-order valence-corrected chi connectivity index (χ3v) is 10.5. The summed E-state index contributed by atoms with van der Waals surface area (Å²) in [4.78, 5) is 12.5. The van der Waals surface area contributed by atoms with E-state index in [4.69, 9.17) is 0 Å². The first-order chi connectivity index (χ1) is 24.5. The molecule has 0 aromatic rings. The molecule has 0 aliphatic rings. The predicted molar refractivity (Wildman–Crippen MR) is 215 cm³/mol. The molecule has 0 heterocycles. The highest BCUT2D eigenvalue weighted by Crippen LogP contribution is 2.16. The van der Waals surface area contributed by atoms with E-state index in [-0.39, 0.29) is 0 Å². The van der Waals surface area contributed by atoms with Gasteiger partial charge in [0.2, 0.25) is 5.91 Å². The zero-order valence-electron chi connectivity index (χ0n) is 33.4. The molecule has 0 bridgehead atoms. The Labute approximate surface area is 311 Å². The fourth-order valence-corrected chi connectivity index (χ4v) is 6.93. The van der Waals surface area contributed by atoms with E-state index >= 15 is 0 Å². The Bertz CT molecular complexity index is 717. The number of aliphatic hydroxyl groups excluding tert-OH is 4. The van der Waals surface area contributed by atoms with E-state index in [2.05, 4.69) is 31.3 Å². The molecule has 0 radical (unpaired) electrons. The molecule has 0 aromatic carbocycles. The summed E-state index contributed by atoms with van der Waals surface area (Å²) in [6.07, 6.45) is 42.3. The Morgan fingerprint density at radius 3 is 1.16 bits per heavy atom. The van der Waals surface area contributed by atoms with Crippen molar-refractivity contribution in [1.82, 2.24) is 5.32 Å². The van der Waals surface area contributed by atoms with Crippen molar-refractivity contribution in [2.45, 2.75) is 257 Å². The summed E-state index contributed by atoms with van der Waals surface area (Å²) in [7, 11) is 0. The minimum atomic E-state index is -1.26. The number of rotatable bonds is 40. The third kappa shape index (κ3) is 32.9. The van der Waals surface area contributed by atoms with E-state index < -0.39 is 36.9 Å². The SMILES string of the molecule is CCCCCCCCCC/C=C\CCCCCCCCC(O)C(=O)NC(CO)C(O)C(O)CCCCCCCCCCCCCCCCCC. The molecule has 1 amide bonds. The maximum absolute atomic E-state index is 12.5. The lowest BCUT2D eigenvalue weighted by Gasteiger charge is -2.27. The first-order valence-corrected chi connectivity index (χ1v) is 22.1. The molecule has 6 nitrogen and oxygen atoms in total. The molecule has 50 heavy (non-hydrogen) atoms. The van der Waals surface area contributed by atoms with Gasteiger partial charge in [-0.05, 0) is 38.5 Å². The Kier molecular flexibility index (Phi) is 38.5. The quantitative estimate of drug-likeness (QED) is 0.0321. The topological polar surface area (TPSA) is 110 Å². The van der Waals surface area contributed by atoms with Crippen LogP contribution in [-0.2, 0) is 4.79 Å². The molecule has 6 heteroatoms. The number of aliphatic hydroxyl groups is 4. The van der Waals surface area contributed by atoms with Crippen molar-refractivity contribution in [3.8, 4) is 0 Å². The van der Waals surface area contributed by atoms with Crippen LogP contribution in [0.2, 0.25) is 0 Å². The summed E-state index contributed by atoms with van der Waals surface area (Å²) in [5.41, 5.74) is 0. The summed E-state index contributed by atoms with van der Waals surface area (Å²) in [5, 5.41) is 43.7. The lowest BCUT2D eigenvalue weighted by molar-refractivity contribution is -0.132. The maximum atomic E-state index is 12.5. The number of carbonyl (C=O) groups is 1. The van der Waals surface area contributed by atoms with Gasteiger partial charge in [-0.2, -0.15) is 0 Å². The van der Waals surface area contributed by atoms with E-state index in [0.29, 0.717) is 12.8 Å². The number of hydrogen-bond acceptors (Lipinski definition) is 5. The fourth-order valence-electron chi connectivity index (χ4n) is 6.93. The van der Waals surface area contributed by atoms with Gasteiger partial charge in [0.25, 0.3) is 0 Å². The highest BCUT2D eigenvalue weighted by atomic mass is 16.3. The summed E-state index contributed by atoms with van der Waals surface area (Å²) in [6.45, 7) is 4.05. The van der Waals surface area contributed by atoms with Crippen LogP contribution in [0.3, 0.4) is 0 Å². The second-order valence-corrected chi connectivity index (χ2v) is 15.4. The zero-order chi connectivity index (χ0) is 36.8. The summed E-state index contributed by atoms with van der Waals surface area (Å²) in [5.74, 6) is -0.587. The maximum Gasteiger partial charge on any atom is 0.249 e. The fraction of sp³-hybridized carbons (Fsp3) is 0.932. The van der Waals surface area contributed by atoms with Gasteiger partial charge in [-0.3, -0.25) is 4.79 Å². The van der Waals surface area contributed by atoms with Crippen molar-refractivity contribution in [2.75, 3.05) is 6.61 Å². The van der Waals surface area contributed by atoms with Crippen molar-refractivity contribution in [2.24, 2.45) is 0 Å². The van der Waals surface area contributed by atoms with E-state index in [1.807, 2.05) is 0 Å². The second-order valence-electron chi connectivity index (χ2n) is 15.4. The molecule has 0 aromatic heterocycles.